The number of nitrogens with zero attached hydrogens (tertiary/aromatic N) is 5. The van der Waals surface area contributed by atoms with Crippen LogP contribution in [0.3, 0.4) is 0 Å². The standard InChI is InChI=1S/C23H18F3N5O2/c24-23(25,26)13-4-5-17(30-11-13)33-16-10-22-9-14(22)12-31(19(16)22)21(32)18-15(3-1-6-27-18)20-28-7-2-8-29-20/h1-8,11,14,16,19H,9-10,12H2. The lowest BCUT2D eigenvalue weighted by molar-refractivity contribution is -0.137. The molecule has 6 rings (SSSR count). The molecule has 0 aromatic carbocycles. The number of carbonyl (C=O) groups is 1. The molecule has 0 N–H and O–H groups in total. The van der Waals surface area contributed by atoms with Gasteiger partial charge in [-0.3, -0.25) is 9.78 Å². The van der Waals surface area contributed by atoms with E-state index >= 15 is 0 Å². The molecular formula is C23H18F3N5O2. The summed E-state index contributed by atoms with van der Waals surface area (Å²) in [5, 5.41) is 0. The van der Waals surface area contributed by atoms with Crippen LogP contribution in [0.1, 0.15) is 28.9 Å². The van der Waals surface area contributed by atoms with E-state index in [4.69, 9.17) is 4.74 Å². The summed E-state index contributed by atoms with van der Waals surface area (Å²) in [6, 6.07) is 7.22. The first-order valence-corrected chi connectivity index (χ1v) is 10.6. The number of carbonyl (C=O) groups excluding carboxylic acids is 1. The lowest BCUT2D eigenvalue weighted by atomic mass is 9.73. The molecule has 2 saturated carbocycles. The van der Waals surface area contributed by atoms with E-state index in [-0.39, 0.29) is 35.0 Å². The highest BCUT2D eigenvalue weighted by Gasteiger charge is 2.76. The van der Waals surface area contributed by atoms with Gasteiger partial charge < -0.3 is 9.64 Å². The maximum atomic E-state index is 13.6. The first-order chi connectivity index (χ1) is 15.9. The van der Waals surface area contributed by atoms with E-state index in [1.165, 1.54) is 6.07 Å². The number of rotatable bonds is 4. The van der Waals surface area contributed by atoms with Gasteiger partial charge in [-0.25, -0.2) is 15.0 Å². The minimum Gasteiger partial charge on any atom is -0.472 e. The predicted molar refractivity (Wildman–Crippen MR) is 109 cm³/mol. The molecule has 7 nitrogen and oxygen atoms in total. The quantitative estimate of drug-likeness (QED) is 0.600. The first kappa shape index (κ1) is 20.1. The molecule has 1 aliphatic heterocycles. The van der Waals surface area contributed by atoms with E-state index in [0.717, 1.165) is 25.1 Å². The predicted octanol–water partition coefficient (Wildman–Crippen LogP) is 3.63. The Morgan fingerprint density at radius 3 is 2.55 bits per heavy atom. The maximum absolute atomic E-state index is 13.6. The Hall–Kier alpha value is -3.56. The molecule has 0 radical (unpaired) electrons. The first-order valence-electron chi connectivity index (χ1n) is 10.6. The van der Waals surface area contributed by atoms with Crippen molar-refractivity contribution in [3.63, 3.8) is 0 Å². The largest absolute Gasteiger partial charge is 0.472 e. The van der Waals surface area contributed by atoms with Crippen LogP contribution in [-0.2, 0) is 6.18 Å². The summed E-state index contributed by atoms with van der Waals surface area (Å²) in [6.07, 6.45) is 2.54. The Balaban J connectivity index is 1.25. The van der Waals surface area contributed by atoms with Crippen LogP contribution in [0.15, 0.2) is 55.1 Å². The number of halogens is 3. The van der Waals surface area contributed by atoms with Crippen molar-refractivity contribution in [3.8, 4) is 17.3 Å². The van der Waals surface area contributed by atoms with E-state index in [9.17, 15) is 18.0 Å². The topological polar surface area (TPSA) is 81.1 Å². The molecule has 3 aliphatic rings. The molecule has 168 valence electrons. The number of amides is 1. The van der Waals surface area contributed by atoms with Crippen molar-refractivity contribution < 1.29 is 22.7 Å². The van der Waals surface area contributed by atoms with Gasteiger partial charge in [0, 0.05) is 42.8 Å². The average Bonchev–Trinajstić information content (AvgIpc) is 3.47. The molecule has 1 amide bonds. The fourth-order valence-corrected chi connectivity index (χ4v) is 5.36. The second-order valence-electron chi connectivity index (χ2n) is 8.75. The van der Waals surface area contributed by atoms with Gasteiger partial charge in [0.1, 0.15) is 11.8 Å². The highest BCUT2D eigenvalue weighted by molar-refractivity contribution is 5.98. The van der Waals surface area contributed by atoms with Gasteiger partial charge in [0.05, 0.1) is 17.2 Å². The van der Waals surface area contributed by atoms with Crippen LogP contribution < -0.4 is 4.74 Å². The van der Waals surface area contributed by atoms with Gasteiger partial charge in [0.25, 0.3) is 5.91 Å². The fraction of sp³-hybridized carbons (Fsp3) is 0.348. The van der Waals surface area contributed by atoms with E-state index < -0.39 is 11.7 Å². The summed E-state index contributed by atoms with van der Waals surface area (Å²) in [6.45, 7) is 0.607. The van der Waals surface area contributed by atoms with Crippen LogP contribution in [0.25, 0.3) is 11.4 Å². The van der Waals surface area contributed by atoms with Crippen molar-refractivity contribution in [2.24, 2.45) is 11.3 Å². The van der Waals surface area contributed by atoms with Crippen molar-refractivity contribution in [2.45, 2.75) is 31.2 Å². The molecule has 3 aromatic rings. The summed E-state index contributed by atoms with van der Waals surface area (Å²) in [5.74, 6) is 0.731. The van der Waals surface area contributed by atoms with Gasteiger partial charge in [0.2, 0.25) is 5.88 Å². The van der Waals surface area contributed by atoms with Gasteiger partial charge in [0.15, 0.2) is 5.82 Å². The highest BCUT2D eigenvalue weighted by atomic mass is 19.4. The molecule has 2 aliphatic carbocycles. The average molecular weight is 453 g/mol. The summed E-state index contributed by atoms with van der Waals surface area (Å²) in [4.78, 5) is 32.0. The normalized spacial score (nSPS) is 27.4. The Bertz CT molecular complexity index is 1220. The minimum absolute atomic E-state index is 0.0322. The number of hydrogen-bond donors (Lipinski definition) is 0. The Kier molecular flexibility index (Phi) is 4.24. The van der Waals surface area contributed by atoms with Crippen LogP contribution in [0.4, 0.5) is 13.2 Å². The number of pyridine rings is 2. The van der Waals surface area contributed by atoms with Gasteiger partial charge >= 0.3 is 6.18 Å². The molecule has 1 spiro atoms. The summed E-state index contributed by atoms with van der Waals surface area (Å²) in [5.41, 5.74) is 0.0350. The fourth-order valence-electron chi connectivity index (χ4n) is 5.36. The van der Waals surface area contributed by atoms with Crippen molar-refractivity contribution in [3.05, 3.63) is 66.4 Å². The second kappa shape index (κ2) is 6.97. The number of ether oxygens (including phenoxy) is 1. The van der Waals surface area contributed by atoms with Crippen LogP contribution in [0, 0.1) is 11.3 Å². The lowest BCUT2D eigenvalue weighted by Crippen LogP contribution is -2.59. The van der Waals surface area contributed by atoms with Gasteiger partial charge in [-0.1, -0.05) is 0 Å². The monoisotopic (exact) mass is 453 g/mol. The molecule has 10 heteroatoms. The molecule has 33 heavy (non-hydrogen) atoms. The zero-order chi connectivity index (χ0) is 22.8. The molecule has 4 atom stereocenters. The van der Waals surface area contributed by atoms with Crippen molar-refractivity contribution >= 4 is 5.91 Å². The number of piperidine rings is 1. The molecular weight excluding hydrogens is 435 g/mol. The molecule has 4 unspecified atom stereocenters. The van der Waals surface area contributed by atoms with Crippen molar-refractivity contribution in [2.75, 3.05) is 6.54 Å². The van der Waals surface area contributed by atoms with Crippen LogP contribution in [-0.4, -0.2) is 49.4 Å². The summed E-state index contributed by atoms with van der Waals surface area (Å²) in [7, 11) is 0. The zero-order valence-electron chi connectivity index (χ0n) is 17.2. The summed E-state index contributed by atoms with van der Waals surface area (Å²) < 4.78 is 44.4. The SMILES string of the molecule is O=C(c1ncccc1-c1ncccn1)N1CC2CC23CC(Oc2ccc(C(F)(F)F)cn2)C13. The third kappa shape index (κ3) is 3.15. The van der Waals surface area contributed by atoms with Crippen molar-refractivity contribution in [1.82, 2.24) is 24.8 Å². The van der Waals surface area contributed by atoms with Gasteiger partial charge in [-0.15, -0.1) is 0 Å². The number of alkyl halides is 3. The van der Waals surface area contributed by atoms with Gasteiger partial charge in [-0.2, -0.15) is 13.2 Å². The van der Waals surface area contributed by atoms with E-state index in [1.807, 2.05) is 0 Å². The number of hydrogen-bond acceptors (Lipinski definition) is 6. The third-order valence-electron chi connectivity index (χ3n) is 6.97. The van der Waals surface area contributed by atoms with Gasteiger partial charge in [-0.05, 0) is 43.0 Å². The smallest absolute Gasteiger partial charge is 0.417 e. The summed E-state index contributed by atoms with van der Waals surface area (Å²) >= 11 is 0. The highest BCUT2D eigenvalue weighted by Crippen LogP contribution is 2.71. The van der Waals surface area contributed by atoms with Crippen LogP contribution >= 0.6 is 0 Å². The van der Waals surface area contributed by atoms with Crippen LogP contribution in [0.2, 0.25) is 0 Å². The molecule has 1 saturated heterocycles. The molecule has 4 heterocycles. The van der Waals surface area contributed by atoms with E-state index in [1.54, 1.807) is 41.7 Å². The number of likely N-dealkylation sites (tertiary alicyclic amines) is 1. The van der Waals surface area contributed by atoms with E-state index in [0.29, 0.717) is 23.9 Å². The second-order valence-corrected chi connectivity index (χ2v) is 8.75. The van der Waals surface area contributed by atoms with Crippen LogP contribution in [0.5, 0.6) is 5.88 Å². The number of aromatic nitrogens is 4. The molecule has 0 bridgehead atoms. The Morgan fingerprint density at radius 2 is 1.82 bits per heavy atom. The Morgan fingerprint density at radius 1 is 1.03 bits per heavy atom. The zero-order valence-corrected chi connectivity index (χ0v) is 17.2. The lowest BCUT2D eigenvalue weighted by Gasteiger charge is -2.46. The maximum Gasteiger partial charge on any atom is 0.417 e. The Labute approximate surface area is 186 Å². The minimum atomic E-state index is -4.45. The van der Waals surface area contributed by atoms with Crippen molar-refractivity contribution in [1.29, 1.82) is 0 Å². The molecule has 3 fully saturated rings. The van der Waals surface area contributed by atoms with E-state index in [2.05, 4.69) is 19.9 Å². The third-order valence-corrected chi connectivity index (χ3v) is 6.97. The molecule has 3 aromatic heterocycles.